The van der Waals surface area contributed by atoms with Gasteiger partial charge in [-0.15, -0.1) is 0 Å². The number of carbonyl (C=O) groups is 2. The highest BCUT2D eigenvalue weighted by Crippen LogP contribution is 2.37. The first-order valence-electron chi connectivity index (χ1n) is 9.49. The van der Waals surface area contributed by atoms with E-state index >= 15 is 0 Å². The van der Waals surface area contributed by atoms with E-state index in [-0.39, 0.29) is 11.8 Å². The van der Waals surface area contributed by atoms with Gasteiger partial charge in [0.25, 0.3) is 11.8 Å². The smallest absolute Gasteiger partial charge is 0.277 e. The standard InChI is InChI=1S/C21H28N2O4/c1-6-23-20(24)18(15-7-8-16(26-4)17(10-15)27-5)19(21(23)25)22-11-13(2)9-14(3)12-22/h7-8,10,13-14H,6,9,11-12H2,1-5H3. The van der Waals surface area contributed by atoms with Gasteiger partial charge in [0.2, 0.25) is 0 Å². The molecule has 0 saturated carbocycles. The Morgan fingerprint density at radius 2 is 1.63 bits per heavy atom. The fraction of sp³-hybridized carbons (Fsp3) is 0.524. The van der Waals surface area contributed by atoms with Crippen LogP contribution in [-0.4, -0.2) is 55.5 Å². The third-order valence-electron chi connectivity index (χ3n) is 5.32. The molecule has 6 heteroatoms. The number of likely N-dealkylation sites (tertiary alicyclic amines) is 1. The Hall–Kier alpha value is -2.50. The van der Waals surface area contributed by atoms with E-state index in [1.54, 1.807) is 26.4 Å². The van der Waals surface area contributed by atoms with Crippen LogP contribution in [0.2, 0.25) is 0 Å². The van der Waals surface area contributed by atoms with Crippen LogP contribution in [0.25, 0.3) is 5.57 Å². The lowest BCUT2D eigenvalue weighted by Crippen LogP contribution is -2.41. The summed E-state index contributed by atoms with van der Waals surface area (Å²) < 4.78 is 10.7. The first kappa shape index (κ1) is 19.3. The van der Waals surface area contributed by atoms with Gasteiger partial charge in [0.15, 0.2) is 11.5 Å². The summed E-state index contributed by atoms with van der Waals surface area (Å²) in [6.45, 7) is 8.14. The number of likely N-dealkylation sites (N-methyl/N-ethyl adjacent to an activating group) is 1. The predicted octanol–water partition coefficient (Wildman–Crippen LogP) is 2.78. The van der Waals surface area contributed by atoms with Crippen LogP contribution in [0.3, 0.4) is 0 Å². The predicted molar refractivity (Wildman–Crippen MR) is 103 cm³/mol. The van der Waals surface area contributed by atoms with E-state index in [4.69, 9.17) is 9.47 Å². The molecule has 27 heavy (non-hydrogen) atoms. The molecule has 0 aliphatic carbocycles. The van der Waals surface area contributed by atoms with Gasteiger partial charge in [0, 0.05) is 19.6 Å². The van der Waals surface area contributed by atoms with Crippen molar-refractivity contribution in [1.82, 2.24) is 9.80 Å². The molecule has 0 spiro atoms. The quantitative estimate of drug-likeness (QED) is 0.744. The number of ether oxygens (including phenoxy) is 2. The third-order valence-corrected chi connectivity index (χ3v) is 5.32. The minimum Gasteiger partial charge on any atom is -0.493 e. The second-order valence-electron chi connectivity index (χ2n) is 7.50. The summed E-state index contributed by atoms with van der Waals surface area (Å²) in [7, 11) is 3.13. The molecule has 0 N–H and O–H groups in total. The van der Waals surface area contributed by atoms with Gasteiger partial charge in [-0.1, -0.05) is 19.9 Å². The second-order valence-corrected chi connectivity index (χ2v) is 7.50. The molecule has 0 aromatic heterocycles. The number of methoxy groups -OCH3 is 2. The Morgan fingerprint density at radius 3 is 2.19 bits per heavy atom. The molecular weight excluding hydrogens is 344 g/mol. The molecule has 1 aromatic carbocycles. The summed E-state index contributed by atoms with van der Waals surface area (Å²) in [6.07, 6.45) is 1.13. The van der Waals surface area contributed by atoms with Crippen LogP contribution in [0.1, 0.15) is 32.8 Å². The lowest BCUT2D eigenvalue weighted by atomic mass is 9.91. The summed E-state index contributed by atoms with van der Waals surface area (Å²) in [5, 5.41) is 0. The number of nitrogens with zero attached hydrogens (tertiary/aromatic N) is 2. The Labute approximate surface area is 160 Å². The number of amides is 2. The van der Waals surface area contributed by atoms with Crippen molar-refractivity contribution in [1.29, 1.82) is 0 Å². The van der Waals surface area contributed by atoms with E-state index in [9.17, 15) is 9.59 Å². The summed E-state index contributed by atoms with van der Waals surface area (Å²) in [5.41, 5.74) is 1.67. The molecule has 1 fully saturated rings. The summed E-state index contributed by atoms with van der Waals surface area (Å²) in [5.74, 6) is 1.65. The molecule has 146 valence electrons. The molecule has 2 atom stereocenters. The number of imide groups is 1. The molecule has 1 saturated heterocycles. The Bertz CT molecular complexity index is 776. The highest BCUT2D eigenvalue weighted by Gasteiger charge is 2.42. The lowest BCUT2D eigenvalue weighted by Gasteiger charge is -2.37. The van der Waals surface area contributed by atoms with Crippen LogP contribution in [0.5, 0.6) is 11.5 Å². The van der Waals surface area contributed by atoms with Gasteiger partial charge in [-0.3, -0.25) is 14.5 Å². The van der Waals surface area contributed by atoms with Gasteiger partial charge in [0.1, 0.15) is 5.70 Å². The Balaban J connectivity index is 2.13. The van der Waals surface area contributed by atoms with Crippen LogP contribution >= 0.6 is 0 Å². The Kier molecular flexibility index (Phi) is 5.44. The van der Waals surface area contributed by atoms with Crippen molar-refractivity contribution in [2.45, 2.75) is 27.2 Å². The van der Waals surface area contributed by atoms with Crippen molar-refractivity contribution < 1.29 is 19.1 Å². The fourth-order valence-corrected chi connectivity index (χ4v) is 4.24. The molecule has 2 heterocycles. The zero-order chi connectivity index (χ0) is 19.7. The van der Waals surface area contributed by atoms with Gasteiger partial charge < -0.3 is 14.4 Å². The molecule has 0 bridgehead atoms. The zero-order valence-electron chi connectivity index (χ0n) is 16.7. The van der Waals surface area contributed by atoms with Crippen LogP contribution < -0.4 is 9.47 Å². The van der Waals surface area contributed by atoms with E-state index in [0.29, 0.717) is 46.7 Å². The summed E-state index contributed by atoms with van der Waals surface area (Å²) in [4.78, 5) is 29.6. The van der Waals surface area contributed by atoms with Gasteiger partial charge in [-0.05, 0) is 42.9 Å². The summed E-state index contributed by atoms with van der Waals surface area (Å²) >= 11 is 0. The maximum absolute atomic E-state index is 13.1. The maximum atomic E-state index is 13.1. The van der Waals surface area contributed by atoms with E-state index in [2.05, 4.69) is 18.7 Å². The average molecular weight is 372 g/mol. The van der Waals surface area contributed by atoms with Crippen molar-refractivity contribution in [3.8, 4) is 11.5 Å². The molecule has 2 unspecified atom stereocenters. The molecule has 1 aromatic rings. The van der Waals surface area contributed by atoms with Crippen molar-refractivity contribution >= 4 is 17.4 Å². The topological polar surface area (TPSA) is 59.1 Å². The van der Waals surface area contributed by atoms with Crippen molar-refractivity contribution in [3.05, 3.63) is 29.5 Å². The summed E-state index contributed by atoms with van der Waals surface area (Å²) in [6, 6.07) is 5.36. The molecule has 0 radical (unpaired) electrons. The molecule has 6 nitrogen and oxygen atoms in total. The fourth-order valence-electron chi connectivity index (χ4n) is 4.24. The van der Waals surface area contributed by atoms with Gasteiger partial charge >= 0.3 is 0 Å². The van der Waals surface area contributed by atoms with E-state index in [1.807, 2.05) is 13.0 Å². The van der Waals surface area contributed by atoms with Crippen molar-refractivity contribution in [2.24, 2.45) is 11.8 Å². The van der Waals surface area contributed by atoms with Gasteiger partial charge in [-0.25, -0.2) is 0 Å². The van der Waals surface area contributed by atoms with E-state index in [1.165, 1.54) is 4.90 Å². The normalized spacial score (nSPS) is 23.3. The highest BCUT2D eigenvalue weighted by atomic mass is 16.5. The SMILES string of the molecule is CCN1C(=O)C(c2ccc(OC)c(OC)c2)=C(N2CC(C)CC(C)C2)C1=O. The minimum atomic E-state index is -0.240. The number of hydrogen-bond acceptors (Lipinski definition) is 5. The van der Waals surface area contributed by atoms with Crippen molar-refractivity contribution in [2.75, 3.05) is 33.9 Å². The van der Waals surface area contributed by atoms with Crippen LogP contribution in [0.4, 0.5) is 0 Å². The number of rotatable bonds is 5. The van der Waals surface area contributed by atoms with Crippen molar-refractivity contribution in [3.63, 3.8) is 0 Å². The first-order chi connectivity index (χ1) is 12.9. The highest BCUT2D eigenvalue weighted by molar-refractivity contribution is 6.35. The molecule has 2 amide bonds. The zero-order valence-corrected chi connectivity index (χ0v) is 16.7. The van der Waals surface area contributed by atoms with Crippen LogP contribution in [0.15, 0.2) is 23.9 Å². The number of piperidine rings is 1. The van der Waals surface area contributed by atoms with Crippen LogP contribution in [0, 0.1) is 11.8 Å². The Morgan fingerprint density at radius 1 is 1.00 bits per heavy atom. The molecule has 3 rings (SSSR count). The van der Waals surface area contributed by atoms with Gasteiger partial charge in [0.05, 0.1) is 19.8 Å². The number of hydrogen-bond donors (Lipinski definition) is 0. The lowest BCUT2D eigenvalue weighted by molar-refractivity contribution is -0.137. The van der Waals surface area contributed by atoms with E-state index < -0.39 is 0 Å². The number of benzene rings is 1. The first-order valence-corrected chi connectivity index (χ1v) is 9.49. The van der Waals surface area contributed by atoms with E-state index in [0.717, 1.165) is 19.5 Å². The number of carbonyl (C=O) groups excluding carboxylic acids is 2. The monoisotopic (exact) mass is 372 g/mol. The molecular formula is C21H28N2O4. The second kappa shape index (κ2) is 7.62. The minimum absolute atomic E-state index is 0.200. The maximum Gasteiger partial charge on any atom is 0.277 e. The third kappa shape index (κ3) is 3.40. The largest absolute Gasteiger partial charge is 0.493 e. The van der Waals surface area contributed by atoms with Crippen LogP contribution in [-0.2, 0) is 9.59 Å². The van der Waals surface area contributed by atoms with Gasteiger partial charge in [-0.2, -0.15) is 0 Å². The average Bonchev–Trinajstić information content (AvgIpc) is 2.90. The molecule has 2 aliphatic rings. The molecule has 2 aliphatic heterocycles.